The molecule has 12 aromatic carbocycles. The maximum Gasteiger partial charge on any atom is 0.147 e. The van der Waals surface area contributed by atoms with Gasteiger partial charge in [0, 0.05) is 22.7 Å². The van der Waals surface area contributed by atoms with Crippen molar-refractivity contribution in [1.82, 2.24) is 0 Å². The van der Waals surface area contributed by atoms with Gasteiger partial charge in [0.1, 0.15) is 23.1 Å². The zero-order valence-corrected chi connectivity index (χ0v) is 59.5. The molecule has 0 bridgehead atoms. The monoisotopic (exact) mass is 1340 g/mol. The van der Waals surface area contributed by atoms with E-state index in [9.17, 15) is 0 Å². The first-order valence-electron chi connectivity index (χ1n) is 36.1. The molecule has 0 amide bonds. The number of rotatable bonds is 19. The van der Waals surface area contributed by atoms with Gasteiger partial charge in [-0.25, -0.2) is 8.78 Å². The zero-order valence-electron chi connectivity index (χ0n) is 59.5. The number of ether oxygens (including phenoxy) is 4. The summed E-state index contributed by atoms with van der Waals surface area (Å²) in [5.41, 5.74) is 20.5. The first kappa shape index (κ1) is 66.2. The molecule has 6 nitrogen and oxygen atoms in total. The van der Waals surface area contributed by atoms with Crippen LogP contribution in [0.4, 0.5) is 42.9 Å². The van der Waals surface area contributed by atoms with E-state index in [2.05, 4.69) is 286 Å². The SMILES string of the molecule is CCC1(COc2ccc(C3(c4ccc(C(C)(C)C)cc4)c4ccccc4-c4ccc(N(c5ccc(-c6ccc(N(c7ccc8c(c7)C(c7ccc(OCC9(CC)COC9)cc7)(c7ccc(C(C)(C)C)cc7)c7ccccc7-8)c7ccccc7F)cc6)cc5)c5ccccc5F)cc43)cc2)COC1. The van der Waals surface area contributed by atoms with Gasteiger partial charge in [0.2, 0.25) is 0 Å². The fourth-order valence-corrected chi connectivity index (χ4v) is 16.2. The Balaban J connectivity index is 0.771. The van der Waals surface area contributed by atoms with Crippen molar-refractivity contribution < 1.29 is 27.7 Å². The van der Waals surface area contributed by atoms with Crippen LogP contribution in [0.2, 0.25) is 0 Å². The van der Waals surface area contributed by atoms with Crippen molar-refractivity contribution in [2.45, 2.75) is 89.9 Å². The molecule has 0 saturated carbocycles. The number of para-hydroxylation sites is 2. The molecule has 2 atom stereocenters. The van der Waals surface area contributed by atoms with Crippen molar-refractivity contribution >= 4 is 34.1 Å². The van der Waals surface area contributed by atoms with Crippen molar-refractivity contribution in [3.8, 4) is 44.9 Å². The molecular formula is C94H86F2N2O4. The summed E-state index contributed by atoms with van der Waals surface area (Å²) in [5, 5.41) is 0. The number of hydrogen-bond donors (Lipinski definition) is 0. The van der Waals surface area contributed by atoms with Crippen molar-refractivity contribution in [3.63, 3.8) is 0 Å². The van der Waals surface area contributed by atoms with Crippen LogP contribution < -0.4 is 19.3 Å². The molecule has 2 saturated heterocycles. The molecule has 102 heavy (non-hydrogen) atoms. The summed E-state index contributed by atoms with van der Waals surface area (Å²) in [4.78, 5) is 4.08. The van der Waals surface area contributed by atoms with Crippen LogP contribution in [0.15, 0.2) is 279 Å². The third kappa shape index (κ3) is 11.3. The summed E-state index contributed by atoms with van der Waals surface area (Å²) >= 11 is 0. The minimum absolute atomic E-state index is 0.0341. The third-order valence-electron chi connectivity index (χ3n) is 22.5. The Hall–Kier alpha value is -10.4. The van der Waals surface area contributed by atoms with Gasteiger partial charge in [-0.05, 0) is 210 Å². The molecule has 16 rings (SSSR count). The lowest BCUT2D eigenvalue weighted by molar-refractivity contribution is -0.133. The van der Waals surface area contributed by atoms with Gasteiger partial charge >= 0.3 is 0 Å². The van der Waals surface area contributed by atoms with Crippen LogP contribution in [0.1, 0.15) is 124 Å². The summed E-state index contributed by atoms with van der Waals surface area (Å²) < 4.78 is 58.0. The highest BCUT2D eigenvalue weighted by molar-refractivity contribution is 5.92. The second-order valence-electron chi connectivity index (χ2n) is 30.7. The highest BCUT2D eigenvalue weighted by Crippen LogP contribution is 2.60. The Morgan fingerprint density at radius 2 is 0.657 bits per heavy atom. The van der Waals surface area contributed by atoms with Crippen LogP contribution in [0, 0.1) is 22.5 Å². The molecule has 0 N–H and O–H groups in total. The fourth-order valence-electron chi connectivity index (χ4n) is 16.2. The van der Waals surface area contributed by atoms with Gasteiger partial charge in [-0.2, -0.15) is 0 Å². The molecule has 510 valence electrons. The third-order valence-corrected chi connectivity index (χ3v) is 22.5. The number of anilines is 6. The average molecular weight is 1350 g/mol. The first-order valence-corrected chi connectivity index (χ1v) is 36.1. The Kier molecular flexibility index (Phi) is 16.8. The fraction of sp³-hybridized carbons (Fsp3) is 0.234. The summed E-state index contributed by atoms with van der Waals surface area (Å²) in [7, 11) is 0. The minimum atomic E-state index is -0.759. The van der Waals surface area contributed by atoms with Gasteiger partial charge in [0.15, 0.2) is 0 Å². The van der Waals surface area contributed by atoms with E-state index in [-0.39, 0.29) is 33.3 Å². The van der Waals surface area contributed by atoms with Gasteiger partial charge in [-0.15, -0.1) is 0 Å². The molecule has 2 aliphatic carbocycles. The van der Waals surface area contributed by atoms with Gasteiger partial charge in [-0.3, -0.25) is 0 Å². The number of fused-ring (bicyclic) bond motifs is 6. The Morgan fingerprint density at radius 3 is 0.980 bits per heavy atom. The molecule has 2 aliphatic heterocycles. The molecule has 4 aliphatic rings. The van der Waals surface area contributed by atoms with Crippen LogP contribution in [0.25, 0.3) is 33.4 Å². The molecule has 2 heterocycles. The maximum absolute atomic E-state index is 16.8. The minimum Gasteiger partial charge on any atom is -0.493 e. The largest absolute Gasteiger partial charge is 0.493 e. The first-order chi connectivity index (χ1) is 49.4. The van der Waals surface area contributed by atoms with Crippen molar-refractivity contribution in [2.75, 3.05) is 49.4 Å². The number of hydrogen-bond acceptors (Lipinski definition) is 6. The lowest BCUT2D eigenvalue weighted by Crippen LogP contribution is -2.46. The Labute approximate surface area is 599 Å². The highest BCUT2D eigenvalue weighted by Gasteiger charge is 2.49. The standard InChI is InChI=1S/C94H86F2N2O4/c1-9-91(57-99-58-91)61-101-75-49-39-69(40-50-75)93(67-35-31-65(32-36-67)89(3,4)5)81-21-13-11-19-77(81)79-53-47-73(55-83(79)93)97(87-25-17-15-23-85(87)95)71-43-27-63(28-44-71)64-29-45-72(46-30-64)98(88-26-18-16-24-86(88)96)74-48-54-80-78-20-12-14-22-82(78)94(84(80)56-74,68-37-33-66(34-38-68)90(6,7)8)70-41-51-76(52-42-70)102-62-92(10-2)59-100-60-92/h11-56H,9-10,57-62H2,1-8H3. The van der Waals surface area contributed by atoms with E-state index >= 15 is 8.78 Å². The predicted octanol–water partition coefficient (Wildman–Crippen LogP) is 23.5. The molecule has 8 heteroatoms. The molecule has 0 radical (unpaired) electrons. The highest BCUT2D eigenvalue weighted by atomic mass is 19.1. The molecule has 0 aromatic heterocycles. The van der Waals surface area contributed by atoms with Crippen LogP contribution in [0.5, 0.6) is 11.5 Å². The van der Waals surface area contributed by atoms with Gasteiger partial charge in [0.05, 0.1) is 72.7 Å². The van der Waals surface area contributed by atoms with E-state index in [1.165, 1.54) is 34.4 Å². The summed E-state index contributed by atoms with van der Waals surface area (Å²) in [6, 6.07) is 97.3. The Bertz CT molecular complexity index is 4730. The van der Waals surface area contributed by atoms with E-state index in [0.29, 0.717) is 51.0 Å². The van der Waals surface area contributed by atoms with Crippen LogP contribution in [0.3, 0.4) is 0 Å². The van der Waals surface area contributed by atoms with Crippen molar-refractivity contribution in [3.05, 3.63) is 346 Å². The zero-order chi connectivity index (χ0) is 70.2. The molecule has 0 spiro atoms. The molecular weight excluding hydrogens is 1260 g/mol. The van der Waals surface area contributed by atoms with Gasteiger partial charge < -0.3 is 28.7 Å². The lowest BCUT2D eigenvalue weighted by Gasteiger charge is -2.40. The van der Waals surface area contributed by atoms with Crippen molar-refractivity contribution in [1.29, 1.82) is 0 Å². The van der Waals surface area contributed by atoms with E-state index in [1.54, 1.807) is 12.1 Å². The lowest BCUT2D eigenvalue weighted by atomic mass is 9.67. The summed E-state index contributed by atoms with van der Waals surface area (Å²) in [6.07, 6.45) is 1.98. The van der Waals surface area contributed by atoms with Crippen LogP contribution in [-0.2, 0) is 31.1 Å². The second kappa shape index (κ2) is 25.9. The van der Waals surface area contributed by atoms with Crippen LogP contribution >= 0.6 is 0 Å². The van der Waals surface area contributed by atoms with Gasteiger partial charge in [-0.1, -0.05) is 237 Å². The smallest absolute Gasteiger partial charge is 0.147 e. The second-order valence-corrected chi connectivity index (χ2v) is 30.7. The van der Waals surface area contributed by atoms with E-state index in [1.807, 2.05) is 34.1 Å². The quantitative estimate of drug-likeness (QED) is 0.0804. The summed E-state index contributed by atoms with van der Waals surface area (Å²) in [5.74, 6) is 0.956. The van der Waals surface area contributed by atoms with Crippen LogP contribution in [-0.4, -0.2) is 39.6 Å². The Morgan fingerprint density at radius 1 is 0.343 bits per heavy atom. The van der Waals surface area contributed by atoms with Crippen molar-refractivity contribution in [2.24, 2.45) is 10.8 Å². The predicted molar refractivity (Wildman–Crippen MR) is 411 cm³/mol. The van der Waals surface area contributed by atoms with E-state index in [0.717, 1.165) is 114 Å². The molecule has 12 aromatic rings. The van der Waals surface area contributed by atoms with E-state index in [4.69, 9.17) is 18.9 Å². The normalized spacial score (nSPS) is 17.5. The maximum atomic E-state index is 16.8. The molecule has 2 fully saturated rings. The number of nitrogens with zero attached hydrogens (tertiary/aromatic N) is 2. The average Bonchev–Trinajstić information content (AvgIpc) is 1.52. The number of benzene rings is 12. The van der Waals surface area contributed by atoms with Gasteiger partial charge in [0.25, 0.3) is 0 Å². The molecule has 2 unspecified atom stereocenters. The summed E-state index contributed by atoms with van der Waals surface area (Å²) in [6.45, 7) is 22.0. The van der Waals surface area contributed by atoms with E-state index < -0.39 is 10.8 Å². The topological polar surface area (TPSA) is 43.4 Å². The number of halogens is 2.